The number of rotatable bonds is 4. The van der Waals surface area contributed by atoms with Gasteiger partial charge in [-0.2, -0.15) is 0 Å². The van der Waals surface area contributed by atoms with Gasteiger partial charge in [0.15, 0.2) is 0 Å². The zero-order valence-electron chi connectivity index (χ0n) is 10.4. The van der Waals surface area contributed by atoms with Crippen LogP contribution in [0.2, 0.25) is 0 Å². The highest BCUT2D eigenvalue weighted by atomic mass is 79.9. The molecule has 0 bridgehead atoms. The van der Waals surface area contributed by atoms with Crippen LogP contribution in [0.15, 0.2) is 10.5 Å². The van der Waals surface area contributed by atoms with Crippen LogP contribution in [0.4, 0.5) is 0 Å². The van der Waals surface area contributed by atoms with E-state index in [9.17, 15) is 0 Å². The van der Waals surface area contributed by atoms with E-state index in [1.165, 1.54) is 46.6 Å². The number of likely N-dealkylation sites (tertiary alicyclic amines) is 1. The van der Waals surface area contributed by atoms with Crippen molar-refractivity contribution < 1.29 is 0 Å². The quantitative estimate of drug-likeness (QED) is 0.922. The minimum atomic E-state index is 0.818. The minimum Gasteiger partial charge on any atom is -0.330 e. The number of piperidine rings is 1. The highest BCUT2D eigenvalue weighted by molar-refractivity contribution is 9.10. The second-order valence-electron chi connectivity index (χ2n) is 4.94. The maximum absolute atomic E-state index is 5.66. The van der Waals surface area contributed by atoms with Crippen molar-refractivity contribution in [2.24, 2.45) is 11.7 Å². The molecule has 2 nitrogen and oxygen atoms in total. The number of aryl methyl sites for hydroxylation is 1. The van der Waals surface area contributed by atoms with Crippen molar-refractivity contribution in [1.82, 2.24) is 4.90 Å². The molecule has 1 aliphatic rings. The summed E-state index contributed by atoms with van der Waals surface area (Å²) < 4.78 is 1.26. The monoisotopic (exact) mass is 316 g/mol. The highest BCUT2D eigenvalue weighted by Gasteiger charge is 2.19. The fraction of sp³-hybridized carbons (Fsp3) is 0.692. The number of hydrogen-bond donors (Lipinski definition) is 1. The number of hydrogen-bond acceptors (Lipinski definition) is 3. The average molecular weight is 317 g/mol. The van der Waals surface area contributed by atoms with Gasteiger partial charge < -0.3 is 5.73 Å². The molecule has 96 valence electrons. The Balaban J connectivity index is 1.90. The third kappa shape index (κ3) is 3.78. The van der Waals surface area contributed by atoms with E-state index in [0.29, 0.717) is 0 Å². The second-order valence-corrected chi connectivity index (χ2v) is 7.13. The first-order valence-corrected chi connectivity index (χ1v) is 7.97. The van der Waals surface area contributed by atoms with Gasteiger partial charge in [-0.15, -0.1) is 11.3 Å². The summed E-state index contributed by atoms with van der Waals surface area (Å²) >= 11 is 5.50. The molecule has 1 unspecified atom stereocenters. The van der Waals surface area contributed by atoms with Gasteiger partial charge in [-0.3, -0.25) is 4.90 Å². The van der Waals surface area contributed by atoms with Gasteiger partial charge in [0.1, 0.15) is 0 Å². The predicted octanol–water partition coefficient (Wildman–Crippen LogP) is 3.38. The third-order valence-corrected chi connectivity index (χ3v) is 5.59. The standard InChI is InChI=1S/C13H21BrN2S/c1-10-13(14)7-12(17-10)9-16-6-2-3-11(8-16)4-5-15/h7,11H,2-6,8-9,15H2,1H3. The molecule has 1 atom stereocenters. The zero-order valence-corrected chi connectivity index (χ0v) is 12.8. The van der Waals surface area contributed by atoms with E-state index in [1.54, 1.807) is 0 Å². The van der Waals surface area contributed by atoms with Gasteiger partial charge in [-0.1, -0.05) is 0 Å². The van der Waals surface area contributed by atoms with E-state index >= 15 is 0 Å². The van der Waals surface area contributed by atoms with Crippen LogP contribution in [-0.2, 0) is 6.54 Å². The molecule has 0 amide bonds. The first kappa shape index (κ1) is 13.5. The molecule has 4 heteroatoms. The van der Waals surface area contributed by atoms with Gasteiger partial charge in [0.2, 0.25) is 0 Å². The van der Waals surface area contributed by atoms with Crippen molar-refractivity contribution in [2.45, 2.75) is 32.7 Å². The van der Waals surface area contributed by atoms with E-state index in [1.807, 2.05) is 11.3 Å². The molecular formula is C13H21BrN2S. The summed E-state index contributed by atoms with van der Waals surface area (Å²) in [7, 11) is 0. The van der Waals surface area contributed by atoms with Crippen molar-refractivity contribution in [3.63, 3.8) is 0 Å². The topological polar surface area (TPSA) is 29.3 Å². The van der Waals surface area contributed by atoms with E-state index in [0.717, 1.165) is 19.0 Å². The Hall–Kier alpha value is 0.100. The van der Waals surface area contributed by atoms with Crippen molar-refractivity contribution in [1.29, 1.82) is 0 Å². The van der Waals surface area contributed by atoms with Gasteiger partial charge in [0, 0.05) is 27.3 Å². The lowest BCUT2D eigenvalue weighted by atomic mass is 9.95. The molecule has 2 rings (SSSR count). The van der Waals surface area contributed by atoms with Gasteiger partial charge in [-0.05, 0) is 67.2 Å². The van der Waals surface area contributed by atoms with Gasteiger partial charge >= 0.3 is 0 Å². The maximum Gasteiger partial charge on any atom is 0.0328 e. The molecule has 0 saturated carbocycles. The number of nitrogens with zero attached hydrogens (tertiary/aromatic N) is 1. The molecule has 2 N–H and O–H groups in total. The SMILES string of the molecule is Cc1sc(CN2CCCC(CCN)C2)cc1Br. The van der Waals surface area contributed by atoms with E-state index in [4.69, 9.17) is 5.73 Å². The molecule has 1 fully saturated rings. The summed E-state index contributed by atoms with van der Waals surface area (Å²) in [6.45, 7) is 6.59. The smallest absolute Gasteiger partial charge is 0.0328 e. The lowest BCUT2D eigenvalue weighted by molar-refractivity contribution is 0.164. The first-order valence-electron chi connectivity index (χ1n) is 6.36. The molecule has 0 aliphatic carbocycles. The molecule has 0 aromatic carbocycles. The highest BCUT2D eigenvalue weighted by Crippen LogP contribution is 2.28. The van der Waals surface area contributed by atoms with Crippen LogP contribution in [0.1, 0.15) is 29.0 Å². The van der Waals surface area contributed by atoms with Gasteiger partial charge in [0.05, 0.1) is 0 Å². The van der Waals surface area contributed by atoms with Crippen molar-refractivity contribution in [3.8, 4) is 0 Å². The lowest BCUT2D eigenvalue weighted by Crippen LogP contribution is -2.35. The second kappa shape index (κ2) is 6.32. The van der Waals surface area contributed by atoms with Crippen LogP contribution in [0.5, 0.6) is 0 Å². The number of nitrogens with two attached hydrogens (primary N) is 1. The fourth-order valence-corrected chi connectivity index (χ4v) is 4.23. The van der Waals surface area contributed by atoms with Crippen LogP contribution >= 0.6 is 27.3 Å². The fourth-order valence-electron chi connectivity index (χ4n) is 2.58. The molecule has 2 heterocycles. The third-order valence-electron chi connectivity index (χ3n) is 3.47. The summed E-state index contributed by atoms with van der Waals surface area (Å²) in [5.41, 5.74) is 5.66. The van der Waals surface area contributed by atoms with Crippen LogP contribution in [0.3, 0.4) is 0 Å². The Morgan fingerprint density at radius 1 is 1.59 bits per heavy atom. The molecule has 0 spiro atoms. The van der Waals surface area contributed by atoms with Crippen LogP contribution in [-0.4, -0.2) is 24.5 Å². The summed E-state index contributed by atoms with van der Waals surface area (Å²) in [6.07, 6.45) is 3.88. The molecule has 1 aliphatic heterocycles. The van der Waals surface area contributed by atoms with E-state index in [2.05, 4.69) is 33.8 Å². The molecule has 0 radical (unpaired) electrons. The number of thiophene rings is 1. The Morgan fingerprint density at radius 3 is 3.06 bits per heavy atom. The summed E-state index contributed by atoms with van der Waals surface area (Å²) in [5, 5.41) is 0. The minimum absolute atomic E-state index is 0.818. The predicted molar refractivity (Wildman–Crippen MR) is 78.4 cm³/mol. The zero-order chi connectivity index (χ0) is 12.3. The average Bonchev–Trinajstić information content (AvgIpc) is 2.59. The van der Waals surface area contributed by atoms with Gasteiger partial charge in [0.25, 0.3) is 0 Å². The van der Waals surface area contributed by atoms with Crippen molar-refractivity contribution in [3.05, 3.63) is 20.3 Å². The molecule has 1 aromatic rings. The Bertz CT molecular complexity index is 343. The van der Waals surface area contributed by atoms with Crippen LogP contribution < -0.4 is 5.73 Å². The Kier molecular flexibility index (Phi) is 5.03. The maximum atomic E-state index is 5.66. The summed E-state index contributed by atoms with van der Waals surface area (Å²) in [5.74, 6) is 0.818. The van der Waals surface area contributed by atoms with Crippen molar-refractivity contribution in [2.75, 3.05) is 19.6 Å². The van der Waals surface area contributed by atoms with Crippen LogP contribution in [0, 0.1) is 12.8 Å². The van der Waals surface area contributed by atoms with Gasteiger partial charge in [-0.25, -0.2) is 0 Å². The lowest BCUT2D eigenvalue weighted by Gasteiger charge is -2.32. The van der Waals surface area contributed by atoms with Crippen LogP contribution in [0.25, 0.3) is 0 Å². The molecule has 1 aromatic heterocycles. The largest absolute Gasteiger partial charge is 0.330 e. The summed E-state index contributed by atoms with van der Waals surface area (Å²) in [6, 6.07) is 2.27. The normalized spacial score (nSPS) is 21.9. The molecule has 17 heavy (non-hydrogen) atoms. The molecular weight excluding hydrogens is 296 g/mol. The van der Waals surface area contributed by atoms with Crippen molar-refractivity contribution >= 4 is 27.3 Å². The molecule has 1 saturated heterocycles. The first-order chi connectivity index (χ1) is 8.19. The Morgan fingerprint density at radius 2 is 2.41 bits per heavy atom. The number of halogens is 1. The van der Waals surface area contributed by atoms with E-state index in [-0.39, 0.29) is 0 Å². The summed E-state index contributed by atoms with van der Waals surface area (Å²) in [4.78, 5) is 5.44. The van der Waals surface area contributed by atoms with E-state index < -0.39 is 0 Å². The Labute approximate surface area is 116 Å².